The summed E-state index contributed by atoms with van der Waals surface area (Å²) in [6.07, 6.45) is 3.47. The number of nitriles is 1. The predicted molar refractivity (Wildman–Crippen MR) is 42.4 cm³/mol. The number of fused-ring (bicyclic) bond motifs is 2. The molecule has 2 rings (SSSR count). The Morgan fingerprint density at radius 1 is 1.67 bits per heavy atom. The highest BCUT2D eigenvalue weighted by molar-refractivity contribution is 5.12. The molecule has 66 valence electrons. The van der Waals surface area contributed by atoms with Crippen LogP contribution in [0.1, 0.15) is 19.3 Å². The summed E-state index contributed by atoms with van der Waals surface area (Å²) < 4.78 is 10.7. The van der Waals surface area contributed by atoms with E-state index in [1.54, 1.807) is 7.11 Å². The van der Waals surface area contributed by atoms with Gasteiger partial charge < -0.3 is 9.47 Å². The minimum atomic E-state index is -0.336. The summed E-state index contributed by atoms with van der Waals surface area (Å²) in [5.74, 6) is 0. The van der Waals surface area contributed by atoms with Crippen molar-refractivity contribution in [2.75, 3.05) is 13.7 Å². The second-order valence-corrected chi connectivity index (χ2v) is 3.73. The minimum Gasteiger partial charge on any atom is -0.383 e. The lowest BCUT2D eigenvalue weighted by atomic mass is 9.76. The van der Waals surface area contributed by atoms with E-state index in [0.717, 1.165) is 19.3 Å². The molecule has 0 aromatic heterocycles. The van der Waals surface area contributed by atoms with Crippen LogP contribution in [0, 0.1) is 16.7 Å². The first-order valence-electron chi connectivity index (χ1n) is 4.36. The molecule has 2 heterocycles. The van der Waals surface area contributed by atoms with Gasteiger partial charge in [-0.3, -0.25) is 0 Å². The maximum Gasteiger partial charge on any atom is 0.109 e. The Hall–Kier alpha value is -0.590. The van der Waals surface area contributed by atoms with E-state index in [0.29, 0.717) is 12.7 Å². The fraction of sp³-hybridized carbons (Fsp3) is 0.889. The Morgan fingerprint density at radius 3 is 2.92 bits per heavy atom. The molecule has 0 N–H and O–H groups in total. The van der Waals surface area contributed by atoms with Gasteiger partial charge in [0.15, 0.2) is 0 Å². The van der Waals surface area contributed by atoms with Crippen LogP contribution in [-0.4, -0.2) is 25.9 Å². The quantitative estimate of drug-likeness (QED) is 0.618. The maximum atomic E-state index is 9.06. The van der Waals surface area contributed by atoms with E-state index >= 15 is 0 Å². The molecule has 0 saturated carbocycles. The van der Waals surface area contributed by atoms with E-state index in [1.807, 2.05) is 0 Å². The van der Waals surface area contributed by atoms with Crippen molar-refractivity contribution in [3.63, 3.8) is 0 Å². The van der Waals surface area contributed by atoms with Gasteiger partial charge in [0.05, 0.1) is 24.9 Å². The van der Waals surface area contributed by atoms with Gasteiger partial charge in [-0.25, -0.2) is 0 Å². The molecule has 0 spiro atoms. The van der Waals surface area contributed by atoms with E-state index in [2.05, 4.69) is 6.07 Å². The number of hydrogen-bond donors (Lipinski definition) is 0. The monoisotopic (exact) mass is 167 g/mol. The lowest BCUT2D eigenvalue weighted by molar-refractivity contribution is 0.0401. The minimum absolute atomic E-state index is 0.132. The van der Waals surface area contributed by atoms with E-state index in [1.165, 1.54) is 0 Å². The molecule has 0 amide bonds. The molecule has 0 aromatic carbocycles. The standard InChI is InChI=1S/C9H13NO2/c1-11-6-9(5-10)4-7-2-3-8(9)12-7/h7-8H,2-4,6H2,1H3. The van der Waals surface area contributed by atoms with E-state index in [9.17, 15) is 0 Å². The van der Waals surface area contributed by atoms with Crippen molar-refractivity contribution < 1.29 is 9.47 Å². The van der Waals surface area contributed by atoms with E-state index in [-0.39, 0.29) is 11.5 Å². The molecule has 3 heteroatoms. The molecule has 2 fully saturated rings. The van der Waals surface area contributed by atoms with Gasteiger partial charge in [0.25, 0.3) is 0 Å². The number of hydrogen-bond acceptors (Lipinski definition) is 3. The van der Waals surface area contributed by atoms with Crippen LogP contribution in [0.3, 0.4) is 0 Å². The molecule has 0 aromatic rings. The van der Waals surface area contributed by atoms with Crippen LogP contribution in [0.2, 0.25) is 0 Å². The number of ether oxygens (including phenoxy) is 2. The molecular weight excluding hydrogens is 154 g/mol. The van der Waals surface area contributed by atoms with Crippen molar-refractivity contribution in [1.82, 2.24) is 0 Å². The smallest absolute Gasteiger partial charge is 0.109 e. The van der Waals surface area contributed by atoms with Gasteiger partial charge in [-0.15, -0.1) is 0 Å². The summed E-state index contributed by atoms with van der Waals surface area (Å²) in [5, 5.41) is 9.06. The average Bonchev–Trinajstić information content (AvgIpc) is 2.64. The highest BCUT2D eigenvalue weighted by Crippen LogP contribution is 2.47. The average molecular weight is 167 g/mol. The zero-order chi connectivity index (χ0) is 8.60. The highest BCUT2D eigenvalue weighted by atomic mass is 16.5. The Balaban J connectivity index is 2.15. The van der Waals surface area contributed by atoms with Gasteiger partial charge in [-0.05, 0) is 19.3 Å². The van der Waals surface area contributed by atoms with E-state index in [4.69, 9.17) is 14.7 Å². The zero-order valence-corrected chi connectivity index (χ0v) is 7.25. The van der Waals surface area contributed by atoms with Crippen LogP contribution in [0.25, 0.3) is 0 Å². The van der Waals surface area contributed by atoms with Crippen LogP contribution in [-0.2, 0) is 9.47 Å². The lowest BCUT2D eigenvalue weighted by Gasteiger charge is -2.26. The molecule has 3 nitrogen and oxygen atoms in total. The Labute approximate surface area is 72.3 Å². The van der Waals surface area contributed by atoms with Gasteiger partial charge in [0.2, 0.25) is 0 Å². The largest absolute Gasteiger partial charge is 0.383 e. The molecule has 2 aliphatic heterocycles. The van der Waals surface area contributed by atoms with Crippen molar-refractivity contribution in [3.8, 4) is 6.07 Å². The van der Waals surface area contributed by atoms with Crippen LogP contribution in [0.5, 0.6) is 0 Å². The first-order chi connectivity index (χ1) is 5.80. The van der Waals surface area contributed by atoms with Gasteiger partial charge in [0, 0.05) is 7.11 Å². The highest BCUT2D eigenvalue weighted by Gasteiger charge is 2.52. The van der Waals surface area contributed by atoms with Gasteiger partial charge >= 0.3 is 0 Å². The normalized spacial score (nSPS) is 44.7. The second-order valence-electron chi connectivity index (χ2n) is 3.73. The van der Waals surface area contributed by atoms with E-state index < -0.39 is 0 Å². The third-order valence-electron chi connectivity index (χ3n) is 2.94. The summed E-state index contributed by atoms with van der Waals surface area (Å²) >= 11 is 0. The molecule has 2 bridgehead atoms. The fourth-order valence-electron chi connectivity index (χ4n) is 2.36. The van der Waals surface area contributed by atoms with Crippen LogP contribution >= 0.6 is 0 Å². The summed E-state index contributed by atoms with van der Waals surface area (Å²) in [6.45, 7) is 0.519. The van der Waals surface area contributed by atoms with Crippen molar-refractivity contribution in [3.05, 3.63) is 0 Å². The summed E-state index contributed by atoms with van der Waals surface area (Å²) in [4.78, 5) is 0. The molecule has 3 unspecified atom stereocenters. The third kappa shape index (κ3) is 0.954. The van der Waals surface area contributed by atoms with Crippen molar-refractivity contribution in [1.29, 1.82) is 5.26 Å². The fourth-order valence-corrected chi connectivity index (χ4v) is 2.36. The van der Waals surface area contributed by atoms with Gasteiger partial charge in [-0.2, -0.15) is 5.26 Å². The summed E-state index contributed by atoms with van der Waals surface area (Å²) in [5.41, 5.74) is -0.336. The molecule has 0 aliphatic carbocycles. The van der Waals surface area contributed by atoms with Gasteiger partial charge in [-0.1, -0.05) is 0 Å². The van der Waals surface area contributed by atoms with Crippen molar-refractivity contribution in [2.45, 2.75) is 31.5 Å². The number of methoxy groups -OCH3 is 1. The first kappa shape index (κ1) is 8.03. The molecule has 3 atom stereocenters. The van der Waals surface area contributed by atoms with Crippen LogP contribution < -0.4 is 0 Å². The molecule has 2 saturated heterocycles. The maximum absolute atomic E-state index is 9.06. The zero-order valence-electron chi connectivity index (χ0n) is 7.25. The molecule has 0 radical (unpaired) electrons. The van der Waals surface area contributed by atoms with Crippen molar-refractivity contribution >= 4 is 0 Å². The topological polar surface area (TPSA) is 42.2 Å². The van der Waals surface area contributed by atoms with Crippen LogP contribution in [0.4, 0.5) is 0 Å². The Kier molecular flexibility index (Phi) is 1.82. The summed E-state index contributed by atoms with van der Waals surface area (Å²) in [6, 6.07) is 2.36. The Morgan fingerprint density at radius 2 is 2.50 bits per heavy atom. The van der Waals surface area contributed by atoms with Crippen molar-refractivity contribution in [2.24, 2.45) is 5.41 Å². The Bertz CT molecular complexity index is 223. The predicted octanol–water partition coefficient (Wildman–Crippen LogP) is 1.09. The first-order valence-corrected chi connectivity index (χ1v) is 4.36. The lowest BCUT2D eigenvalue weighted by Crippen LogP contribution is -2.35. The molecular formula is C9H13NO2. The number of rotatable bonds is 2. The third-order valence-corrected chi connectivity index (χ3v) is 2.94. The SMILES string of the molecule is COCC1(C#N)CC2CCC1O2. The molecule has 2 aliphatic rings. The number of nitrogens with zero attached hydrogens (tertiary/aromatic N) is 1. The second kappa shape index (κ2) is 2.72. The van der Waals surface area contributed by atoms with Crippen LogP contribution in [0.15, 0.2) is 0 Å². The molecule has 12 heavy (non-hydrogen) atoms. The summed E-state index contributed by atoms with van der Waals surface area (Å²) in [7, 11) is 1.64. The van der Waals surface area contributed by atoms with Gasteiger partial charge in [0.1, 0.15) is 5.41 Å².